The summed E-state index contributed by atoms with van der Waals surface area (Å²) in [5.74, 6) is -0.609. The van der Waals surface area contributed by atoms with Crippen LogP contribution in [0.2, 0.25) is 0 Å². The van der Waals surface area contributed by atoms with Crippen LogP contribution in [0.25, 0.3) is 10.9 Å². The molecule has 0 aliphatic heterocycles. The predicted molar refractivity (Wildman–Crippen MR) is 53.5 cm³/mol. The highest BCUT2D eigenvalue weighted by Gasteiger charge is 2.12. The van der Waals surface area contributed by atoms with Crippen LogP contribution in [0.4, 0.5) is 5.69 Å². The van der Waals surface area contributed by atoms with E-state index in [0.29, 0.717) is 10.9 Å². The summed E-state index contributed by atoms with van der Waals surface area (Å²) in [6.45, 7) is 0. The van der Waals surface area contributed by atoms with Gasteiger partial charge in [-0.05, 0) is 6.07 Å². The highest BCUT2D eigenvalue weighted by molar-refractivity contribution is 6.06. The second-order valence-corrected chi connectivity index (χ2v) is 3.05. The lowest BCUT2D eigenvalue weighted by molar-refractivity contribution is -0.384. The third-order valence-electron chi connectivity index (χ3n) is 2.14. The number of nitro benzene ring substituents is 1. The molecule has 0 radical (unpaired) electrons. The molecule has 3 N–H and O–H groups in total. The first-order valence-electron chi connectivity index (χ1n) is 4.15. The summed E-state index contributed by atoms with van der Waals surface area (Å²) in [5.41, 5.74) is 5.96. The Kier molecular flexibility index (Phi) is 1.89. The van der Waals surface area contributed by atoms with Gasteiger partial charge in [-0.15, -0.1) is 0 Å². The van der Waals surface area contributed by atoms with Gasteiger partial charge in [0.25, 0.3) is 11.6 Å². The number of nitrogens with zero attached hydrogens (tertiary/aromatic N) is 1. The van der Waals surface area contributed by atoms with E-state index in [9.17, 15) is 14.9 Å². The zero-order chi connectivity index (χ0) is 11.0. The molecule has 0 saturated heterocycles. The number of fused-ring (bicyclic) bond motifs is 1. The lowest BCUT2D eigenvalue weighted by Crippen LogP contribution is -2.09. The number of rotatable bonds is 2. The summed E-state index contributed by atoms with van der Waals surface area (Å²) in [6, 6.07) is 4.23. The molecule has 1 amide bonds. The molecule has 0 aliphatic rings. The number of non-ortho nitro benzene ring substituents is 1. The number of aromatic amines is 1. The number of hydrogen-bond donors (Lipinski definition) is 2. The van der Waals surface area contributed by atoms with E-state index >= 15 is 0 Å². The van der Waals surface area contributed by atoms with E-state index in [4.69, 9.17) is 5.73 Å². The van der Waals surface area contributed by atoms with Gasteiger partial charge in [0.05, 0.1) is 10.5 Å². The van der Waals surface area contributed by atoms with Crippen LogP contribution in [0.3, 0.4) is 0 Å². The predicted octanol–water partition coefficient (Wildman–Crippen LogP) is 1.18. The van der Waals surface area contributed by atoms with Gasteiger partial charge >= 0.3 is 0 Å². The number of aromatic nitrogens is 1. The molecule has 1 aromatic carbocycles. The van der Waals surface area contributed by atoms with Crippen molar-refractivity contribution in [1.29, 1.82) is 0 Å². The molecule has 0 unspecified atom stereocenters. The van der Waals surface area contributed by atoms with Crippen LogP contribution in [0.1, 0.15) is 10.4 Å². The molecule has 15 heavy (non-hydrogen) atoms. The first kappa shape index (κ1) is 9.20. The minimum absolute atomic E-state index is 0.0652. The minimum atomic E-state index is -0.609. The van der Waals surface area contributed by atoms with Crippen LogP contribution >= 0.6 is 0 Å². The van der Waals surface area contributed by atoms with E-state index in [0.717, 1.165) is 0 Å². The SMILES string of the molecule is NC(=O)c1c[nH]c2ccc([N+](=O)[O-])cc12. The molecular weight excluding hydrogens is 198 g/mol. The van der Waals surface area contributed by atoms with Crippen LogP contribution in [0.5, 0.6) is 0 Å². The number of carbonyl (C=O) groups excluding carboxylic acids is 1. The van der Waals surface area contributed by atoms with Crippen molar-refractivity contribution in [3.8, 4) is 0 Å². The third kappa shape index (κ3) is 1.41. The van der Waals surface area contributed by atoms with E-state index in [-0.39, 0.29) is 11.3 Å². The van der Waals surface area contributed by atoms with Gasteiger partial charge in [0.1, 0.15) is 0 Å². The summed E-state index contributed by atoms with van der Waals surface area (Å²) >= 11 is 0. The molecule has 0 aliphatic carbocycles. The van der Waals surface area contributed by atoms with E-state index in [1.165, 1.54) is 18.3 Å². The summed E-state index contributed by atoms with van der Waals surface area (Å²) < 4.78 is 0. The fourth-order valence-corrected chi connectivity index (χ4v) is 1.43. The Balaban J connectivity index is 2.72. The van der Waals surface area contributed by atoms with Gasteiger partial charge in [-0.1, -0.05) is 0 Å². The van der Waals surface area contributed by atoms with Gasteiger partial charge in [0.15, 0.2) is 0 Å². The number of nitrogens with two attached hydrogens (primary N) is 1. The maximum atomic E-state index is 11.0. The van der Waals surface area contributed by atoms with E-state index in [1.807, 2.05) is 0 Å². The molecule has 6 heteroatoms. The number of H-pyrrole nitrogens is 1. The molecule has 0 bridgehead atoms. The Morgan fingerprint density at radius 1 is 1.47 bits per heavy atom. The quantitative estimate of drug-likeness (QED) is 0.568. The van der Waals surface area contributed by atoms with E-state index < -0.39 is 10.8 Å². The molecular formula is C9H7N3O3. The molecule has 76 valence electrons. The van der Waals surface area contributed by atoms with Crippen molar-refractivity contribution in [2.45, 2.75) is 0 Å². The standard InChI is InChI=1S/C9H7N3O3/c10-9(13)7-4-11-8-2-1-5(12(14)15)3-6(7)8/h1-4,11H,(H2,10,13). The Morgan fingerprint density at radius 3 is 2.80 bits per heavy atom. The largest absolute Gasteiger partial charge is 0.366 e. The third-order valence-corrected chi connectivity index (χ3v) is 2.14. The number of amides is 1. The van der Waals surface area contributed by atoms with Crippen LogP contribution < -0.4 is 5.73 Å². The maximum absolute atomic E-state index is 11.0. The Bertz CT molecular complexity index is 559. The molecule has 1 aromatic heterocycles. The first-order valence-corrected chi connectivity index (χ1v) is 4.15. The molecule has 0 saturated carbocycles. The zero-order valence-electron chi connectivity index (χ0n) is 7.56. The zero-order valence-corrected chi connectivity index (χ0v) is 7.56. The van der Waals surface area contributed by atoms with Crippen molar-refractivity contribution in [3.05, 3.63) is 40.1 Å². The van der Waals surface area contributed by atoms with Crippen molar-refractivity contribution >= 4 is 22.5 Å². The number of benzene rings is 1. The van der Waals surface area contributed by atoms with Crippen molar-refractivity contribution < 1.29 is 9.72 Å². The average molecular weight is 205 g/mol. The minimum Gasteiger partial charge on any atom is -0.366 e. The van der Waals surface area contributed by atoms with Gasteiger partial charge in [-0.3, -0.25) is 14.9 Å². The van der Waals surface area contributed by atoms with Crippen LogP contribution in [0.15, 0.2) is 24.4 Å². The molecule has 0 atom stereocenters. The van der Waals surface area contributed by atoms with Crippen molar-refractivity contribution in [2.24, 2.45) is 5.73 Å². The summed E-state index contributed by atoms with van der Waals surface area (Å²) in [6.07, 6.45) is 1.44. The molecule has 1 heterocycles. The number of nitrogens with one attached hydrogen (secondary N) is 1. The lowest BCUT2D eigenvalue weighted by atomic mass is 10.1. The Morgan fingerprint density at radius 2 is 2.20 bits per heavy atom. The first-order chi connectivity index (χ1) is 7.09. The average Bonchev–Trinajstić information content (AvgIpc) is 2.59. The molecule has 2 rings (SSSR count). The van der Waals surface area contributed by atoms with Crippen molar-refractivity contribution in [2.75, 3.05) is 0 Å². The maximum Gasteiger partial charge on any atom is 0.270 e. The number of nitro groups is 1. The van der Waals surface area contributed by atoms with Gasteiger partial charge in [-0.2, -0.15) is 0 Å². The fraction of sp³-hybridized carbons (Fsp3) is 0. The summed E-state index contributed by atoms with van der Waals surface area (Å²) in [7, 11) is 0. The molecule has 6 nitrogen and oxygen atoms in total. The van der Waals surface area contributed by atoms with Gasteiger partial charge < -0.3 is 10.7 Å². The lowest BCUT2D eigenvalue weighted by Gasteiger charge is -1.93. The van der Waals surface area contributed by atoms with Crippen molar-refractivity contribution in [3.63, 3.8) is 0 Å². The summed E-state index contributed by atoms with van der Waals surface area (Å²) in [4.78, 5) is 23.8. The van der Waals surface area contributed by atoms with E-state index in [2.05, 4.69) is 4.98 Å². The fourth-order valence-electron chi connectivity index (χ4n) is 1.43. The Labute approximate surface area is 83.8 Å². The Hall–Kier alpha value is -2.37. The molecule has 0 spiro atoms. The monoisotopic (exact) mass is 205 g/mol. The summed E-state index contributed by atoms with van der Waals surface area (Å²) in [5, 5.41) is 11.0. The highest BCUT2D eigenvalue weighted by Crippen LogP contribution is 2.23. The number of primary amides is 1. The van der Waals surface area contributed by atoms with Gasteiger partial charge in [-0.25, -0.2) is 0 Å². The van der Waals surface area contributed by atoms with Crippen LogP contribution in [0, 0.1) is 10.1 Å². The molecule has 2 aromatic rings. The van der Waals surface area contributed by atoms with Crippen LogP contribution in [-0.4, -0.2) is 15.8 Å². The van der Waals surface area contributed by atoms with E-state index in [1.54, 1.807) is 6.07 Å². The van der Waals surface area contributed by atoms with Gasteiger partial charge in [0.2, 0.25) is 0 Å². The number of hydrogen-bond acceptors (Lipinski definition) is 3. The second kappa shape index (κ2) is 3.09. The van der Waals surface area contributed by atoms with Crippen molar-refractivity contribution in [1.82, 2.24) is 4.98 Å². The van der Waals surface area contributed by atoms with Gasteiger partial charge in [0, 0.05) is 29.2 Å². The van der Waals surface area contributed by atoms with Crippen LogP contribution in [-0.2, 0) is 0 Å². The molecule has 0 fully saturated rings. The number of carbonyl (C=O) groups is 1. The smallest absolute Gasteiger partial charge is 0.270 e. The second-order valence-electron chi connectivity index (χ2n) is 3.05. The normalized spacial score (nSPS) is 10.4. The topological polar surface area (TPSA) is 102 Å². The highest BCUT2D eigenvalue weighted by atomic mass is 16.6.